The Hall–Kier alpha value is -1.31. The summed E-state index contributed by atoms with van der Waals surface area (Å²) in [4.78, 5) is 11.7. The van der Waals surface area contributed by atoms with Crippen LogP contribution in [0.5, 0.6) is 0 Å². The lowest BCUT2D eigenvalue weighted by atomic mass is 10.1. The summed E-state index contributed by atoms with van der Waals surface area (Å²) < 4.78 is 28.5. The van der Waals surface area contributed by atoms with Crippen LogP contribution in [0.1, 0.15) is 10.4 Å². The van der Waals surface area contributed by atoms with E-state index in [1.807, 2.05) is 22.6 Å². The Morgan fingerprint density at radius 2 is 2.18 bits per heavy atom. The summed E-state index contributed by atoms with van der Waals surface area (Å²) in [7, 11) is 0. The summed E-state index contributed by atoms with van der Waals surface area (Å²) in [6.07, 6.45) is 3.23. The van der Waals surface area contributed by atoms with Gasteiger partial charge in [0.1, 0.15) is 18.2 Å². The van der Waals surface area contributed by atoms with Crippen LogP contribution in [-0.2, 0) is 6.54 Å². The molecule has 0 saturated carbocycles. The summed E-state index contributed by atoms with van der Waals surface area (Å²) in [5, 5.41) is 3.91. The van der Waals surface area contributed by atoms with E-state index in [-0.39, 0.29) is 12.1 Å². The fraction of sp³-hybridized carbons (Fsp3) is 0.0909. The number of Topliss-reactive ketones (excluding diaryl/α,β-unsaturated/α-hetero) is 1. The van der Waals surface area contributed by atoms with Crippen LogP contribution in [0.15, 0.2) is 30.6 Å². The molecule has 0 unspecified atom stereocenters. The molecule has 0 atom stereocenters. The van der Waals surface area contributed by atoms with E-state index in [2.05, 4.69) is 5.10 Å². The van der Waals surface area contributed by atoms with Gasteiger partial charge in [-0.15, -0.1) is 0 Å². The lowest BCUT2D eigenvalue weighted by Crippen LogP contribution is -2.12. The number of carbonyl (C=O) groups is 1. The Morgan fingerprint density at radius 3 is 2.82 bits per heavy atom. The van der Waals surface area contributed by atoms with Gasteiger partial charge in [0.15, 0.2) is 5.78 Å². The third kappa shape index (κ3) is 2.87. The molecule has 1 aromatic heterocycles. The van der Waals surface area contributed by atoms with Crippen molar-refractivity contribution in [2.45, 2.75) is 6.54 Å². The monoisotopic (exact) mass is 348 g/mol. The third-order valence-electron chi connectivity index (χ3n) is 2.14. The number of nitrogens with zero attached hydrogens (tertiary/aromatic N) is 2. The molecule has 0 N–H and O–H groups in total. The number of hydrogen-bond donors (Lipinski definition) is 0. The zero-order valence-corrected chi connectivity index (χ0v) is 10.7. The van der Waals surface area contributed by atoms with E-state index in [1.54, 1.807) is 12.4 Å². The summed E-state index contributed by atoms with van der Waals surface area (Å²) in [6, 6.07) is 2.81. The van der Waals surface area contributed by atoms with Crippen molar-refractivity contribution < 1.29 is 13.6 Å². The minimum Gasteiger partial charge on any atom is -0.292 e. The van der Waals surface area contributed by atoms with Crippen LogP contribution in [0, 0.1) is 15.2 Å². The van der Waals surface area contributed by atoms with E-state index in [9.17, 15) is 13.6 Å². The van der Waals surface area contributed by atoms with E-state index in [0.29, 0.717) is 0 Å². The Kier molecular flexibility index (Phi) is 3.51. The quantitative estimate of drug-likeness (QED) is 0.632. The van der Waals surface area contributed by atoms with Gasteiger partial charge >= 0.3 is 0 Å². The highest BCUT2D eigenvalue weighted by molar-refractivity contribution is 14.1. The van der Waals surface area contributed by atoms with Crippen LogP contribution in [0.4, 0.5) is 8.78 Å². The Balaban J connectivity index is 2.22. The van der Waals surface area contributed by atoms with Crippen molar-refractivity contribution in [3.8, 4) is 0 Å². The van der Waals surface area contributed by atoms with Gasteiger partial charge in [0.2, 0.25) is 0 Å². The minimum atomic E-state index is -0.724. The molecular formula is C11H7F2IN2O. The largest absolute Gasteiger partial charge is 0.292 e. The summed E-state index contributed by atoms with van der Waals surface area (Å²) in [5.74, 6) is -1.87. The fourth-order valence-corrected chi connectivity index (χ4v) is 1.81. The van der Waals surface area contributed by atoms with Crippen molar-refractivity contribution in [3.05, 3.63) is 51.4 Å². The van der Waals surface area contributed by atoms with E-state index in [0.717, 1.165) is 21.8 Å². The number of ketones is 1. The van der Waals surface area contributed by atoms with Gasteiger partial charge in [-0.25, -0.2) is 8.78 Å². The average Bonchev–Trinajstić information content (AvgIpc) is 2.67. The maximum Gasteiger partial charge on any atom is 0.187 e. The first kappa shape index (κ1) is 12.2. The molecule has 1 heterocycles. The van der Waals surface area contributed by atoms with Gasteiger partial charge < -0.3 is 0 Å². The van der Waals surface area contributed by atoms with Gasteiger partial charge in [0, 0.05) is 6.20 Å². The maximum atomic E-state index is 13.3. The number of carbonyl (C=O) groups excluding carboxylic acids is 1. The molecule has 2 rings (SSSR count). The van der Waals surface area contributed by atoms with Crippen LogP contribution in [0.2, 0.25) is 0 Å². The predicted octanol–water partition coefficient (Wildman–Crippen LogP) is 2.65. The van der Waals surface area contributed by atoms with Crippen molar-refractivity contribution in [2.75, 3.05) is 0 Å². The first-order chi connectivity index (χ1) is 8.06. The van der Waals surface area contributed by atoms with Gasteiger partial charge in [0.05, 0.1) is 15.3 Å². The highest BCUT2D eigenvalue weighted by atomic mass is 127. The number of aromatic nitrogens is 2. The number of benzene rings is 1. The predicted molar refractivity (Wildman–Crippen MR) is 65.6 cm³/mol. The minimum absolute atomic E-state index is 0.108. The molecule has 0 amide bonds. The van der Waals surface area contributed by atoms with Crippen molar-refractivity contribution in [1.29, 1.82) is 0 Å². The first-order valence-corrected chi connectivity index (χ1v) is 5.80. The van der Waals surface area contributed by atoms with Gasteiger partial charge in [-0.2, -0.15) is 5.10 Å². The van der Waals surface area contributed by atoms with Crippen molar-refractivity contribution in [1.82, 2.24) is 9.78 Å². The first-order valence-electron chi connectivity index (χ1n) is 4.72. The van der Waals surface area contributed by atoms with E-state index in [1.165, 1.54) is 4.68 Å². The molecule has 3 nitrogen and oxygen atoms in total. The molecule has 2 aromatic rings. The van der Waals surface area contributed by atoms with E-state index < -0.39 is 17.4 Å². The fourth-order valence-electron chi connectivity index (χ4n) is 1.37. The molecule has 0 fully saturated rings. The number of rotatable bonds is 3. The second kappa shape index (κ2) is 4.91. The zero-order chi connectivity index (χ0) is 12.4. The molecular weight excluding hydrogens is 341 g/mol. The van der Waals surface area contributed by atoms with Gasteiger partial charge in [-0.3, -0.25) is 9.48 Å². The maximum absolute atomic E-state index is 13.3. The van der Waals surface area contributed by atoms with Crippen LogP contribution < -0.4 is 0 Å². The average molecular weight is 348 g/mol. The smallest absolute Gasteiger partial charge is 0.187 e. The Morgan fingerprint density at radius 1 is 1.41 bits per heavy atom. The Bertz CT molecular complexity index is 568. The molecule has 0 spiro atoms. The van der Waals surface area contributed by atoms with Crippen LogP contribution in [-0.4, -0.2) is 15.6 Å². The van der Waals surface area contributed by atoms with Crippen molar-refractivity contribution in [2.24, 2.45) is 0 Å². The molecule has 6 heteroatoms. The van der Waals surface area contributed by atoms with Gasteiger partial charge in [-0.05, 0) is 40.8 Å². The van der Waals surface area contributed by atoms with Crippen LogP contribution >= 0.6 is 22.6 Å². The molecule has 0 saturated heterocycles. The second-order valence-corrected chi connectivity index (χ2v) is 4.65. The third-order valence-corrected chi connectivity index (χ3v) is 2.69. The molecule has 0 bridgehead atoms. The standard InChI is InChI=1S/C11H7F2IN2O/c12-7-1-2-10(13)9(3-7)11(17)6-16-5-8(14)4-15-16/h1-5H,6H2. The Labute approximate surface area is 110 Å². The van der Waals surface area contributed by atoms with Gasteiger partial charge in [0.25, 0.3) is 0 Å². The molecule has 0 aliphatic carbocycles. The summed E-state index contributed by atoms with van der Waals surface area (Å²) in [5.41, 5.74) is -0.254. The lowest BCUT2D eigenvalue weighted by Gasteiger charge is -2.03. The van der Waals surface area contributed by atoms with E-state index in [4.69, 9.17) is 0 Å². The van der Waals surface area contributed by atoms with Crippen molar-refractivity contribution >= 4 is 28.4 Å². The van der Waals surface area contributed by atoms with Crippen LogP contribution in [0.25, 0.3) is 0 Å². The van der Waals surface area contributed by atoms with Gasteiger partial charge in [-0.1, -0.05) is 0 Å². The zero-order valence-electron chi connectivity index (χ0n) is 8.53. The summed E-state index contributed by atoms with van der Waals surface area (Å²) >= 11 is 2.05. The molecule has 1 aromatic carbocycles. The number of hydrogen-bond acceptors (Lipinski definition) is 2. The molecule has 0 aliphatic heterocycles. The molecule has 17 heavy (non-hydrogen) atoms. The highest BCUT2D eigenvalue weighted by Gasteiger charge is 2.13. The highest BCUT2D eigenvalue weighted by Crippen LogP contribution is 2.11. The second-order valence-electron chi connectivity index (χ2n) is 3.40. The lowest BCUT2D eigenvalue weighted by molar-refractivity contribution is 0.0963. The molecule has 88 valence electrons. The summed E-state index contributed by atoms with van der Waals surface area (Å²) in [6.45, 7) is -0.108. The number of halogens is 3. The van der Waals surface area contributed by atoms with Crippen LogP contribution in [0.3, 0.4) is 0 Å². The van der Waals surface area contributed by atoms with Crippen molar-refractivity contribution in [3.63, 3.8) is 0 Å². The SMILES string of the molecule is O=C(Cn1cc(I)cn1)c1cc(F)ccc1F. The molecule has 0 aliphatic rings. The normalized spacial score (nSPS) is 10.5. The molecule has 0 radical (unpaired) electrons. The topological polar surface area (TPSA) is 34.9 Å². The van der Waals surface area contributed by atoms with E-state index >= 15 is 0 Å².